The van der Waals surface area contributed by atoms with E-state index in [1.165, 1.54) is 10.7 Å². The number of anilines is 1. The molecule has 0 atom stereocenters. The van der Waals surface area contributed by atoms with E-state index in [2.05, 4.69) is 10.4 Å². The van der Waals surface area contributed by atoms with Crippen LogP contribution in [0.2, 0.25) is 0 Å². The average molecular weight is 213 g/mol. The Balaban J connectivity index is 2.25. The van der Waals surface area contributed by atoms with Gasteiger partial charge in [-0.15, -0.1) is 0 Å². The Bertz CT molecular complexity index is 397. The number of nitrogens with one attached hydrogen (secondary N) is 1. The molecule has 0 spiro atoms. The number of carboxylic acid groups (broad SMARTS) is 1. The van der Waals surface area contributed by atoms with Gasteiger partial charge in [-0.05, 0) is 0 Å². The highest BCUT2D eigenvalue weighted by atomic mass is 16.5. The predicted octanol–water partition coefficient (Wildman–Crippen LogP) is -0.272. The summed E-state index contributed by atoms with van der Waals surface area (Å²) in [5.41, 5.74) is -0.502. The first-order chi connectivity index (χ1) is 7.01. The van der Waals surface area contributed by atoms with Gasteiger partial charge in [0.05, 0.1) is 18.9 Å². The zero-order valence-corrected chi connectivity index (χ0v) is 8.10. The maximum atomic E-state index is 10.4. The van der Waals surface area contributed by atoms with Gasteiger partial charge in [0.2, 0.25) is 0 Å². The largest absolute Gasteiger partial charge is 0.465 e. The molecule has 1 aromatic heterocycles. The van der Waals surface area contributed by atoms with Crippen LogP contribution in [0.3, 0.4) is 0 Å². The fraction of sp³-hybridized carbons (Fsp3) is 0.500. The monoisotopic (exact) mass is 213 g/mol. The van der Waals surface area contributed by atoms with Gasteiger partial charge < -0.3 is 14.9 Å². The van der Waals surface area contributed by atoms with E-state index in [1.807, 2.05) is 0 Å². The van der Waals surface area contributed by atoms with Gasteiger partial charge in [0.25, 0.3) is 0 Å². The summed E-state index contributed by atoms with van der Waals surface area (Å²) >= 11 is 0. The van der Waals surface area contributed by atoms with Crippen molar-refractivity contribution in [3.8, 4) is 0 Å². The first kappa shape index (κ1) is 9.94. The number of hydrogen-bond donors (Lipinski definition) is 3. The topological polar surface area (TPSA) is 96.6 Å². The van der Waals surface area contributed by atoms with Crippen LogP contribution >= 0.6 is 0 Å². The summed E-state index contributed by atoms with van der Waals surface area (Å²) in [6.07, 6.45) is -1.18. The summed E-state index contributed by atoms with van der Waals surface area (Å²) in [6.45, 7) is 0.415. The second-order valence-corrected chi connectivity index (χ2v) is 3.49. The van der Waals surface area contributed by atoms with Crippen molar-refractivity contribution in [2.75, 3.05) is 18.5 Å². The van der Waals surface area contributed by atoms with Gasteiger partial charge in [-0.1, -0.05) is 0 Å². The molecule has 0 aliphatic carbocycles. The minimum absolute atomic E-state index is 0.195. The molecule has 7 nitrogen and oxygen atoms in total. The molecule has 1 aromatic rings. The molecule has 3 N–H and O–H groups in total. The standard InChI is InChI=1S/C8H11N3O4/c1-11-5(8(14)3-15-4-8)2-6(10-11)9-7(12)13/h2,14H,3-4H2,1H3,(H,9,10)(H,12,13). The highest BCUT2D eigenvalue weighted by molar-refractivity contribution is 5.81. The predicted molar refractivity (Wildman–Crippen MR) is 49.6 cm³/mol. The van der Waals surface area contributed by atoms with Gasteiger partial charge in [-0.2, -0.15) is 5.10 Å². The van der Waals surface area contributed by atoms with Crippen LogP contribution in [-0.2, 0) is 17.4 Å². The van der Waals surface area contributed by atoms with Crippen molar-refractivity contribution in [1.29, 1.82) is 0 Å². The third kappa shape index (κ3) is 1.66. The number of nitrogens with zero attached hydrogens (tertiary/aromatic N) is 2. The molecule has 1 aliphatic heterocycles. The Labute approximate surface area is 85.3 Å². The zero-order valence-electron chi connectivity index (χ0n) is 8.10. The molecule has 82 valence electrons. The molecule has 0 saturated carbocycles. The minimum Gasteiger partial charge on any atom is -0.465 e. The van der Waals surface area contributed by atoms with Crippen LogP contribution in [0, 0.1) is 0 Å². The van der Waals surface area contributed by atoms with Gasteiger partial charge in [0.1, 0.15) is 0 Å². The van der Waals surface area contributed by atoms with E-state index in [0.717, 1.165) is 0 Å². The third-order valence-electron chi connectivity index (χ3n) is 2.27. The third-order valence-corrected chi connectivity index (χ3v) is 2.27. The summed E-state index contributed by atoms with van der Waals surface area (Å²) in [4.78, 5) is 10.4. The lowest BCUT2D eigenvalue weighted by molar-refractivity contribution is -0.188. The van der Waals surface area contributed by atoms with Crippen LogP contribution in [0.1, 0.15) is 5.69 Å². The Hall–Kier alpha value is -1.60. The van der Waals surface area contributed by atoms with Crippen molar-refractivity contribution in [2.24, 2.45) is 7.05 Å². The number of carbonyl (C=O) groups is 1. The molecule has 1 amide bonds. The Kier molecular flexibility index (Phi) is 2.13. The van der Waals surface area contributed by atoms with Crippen LogP contribution in [0.25, 0.3) is 0 Å². The van der Waals surface area contributed by atoms with Crippen LogP contribution in [-0.4, -0.2) is 39.3 Å². The first-order valence-electron chi connectivity index (χ1n) is 4.36. The molecule has 1 fully saturated rings. The van der Waals surface area contributed by atoms with E-state index in [0.29, 0.717) is 5.69 Å². The van der Waals surface area contributed by atoms with E-state index in [-0.39, 0.29) is 19.0 Å². The Morgan fingerprint density at radius 2 is 2.40 bits per heavy atom. The van der Waals surface area contributed by atoms with Crippen molar-refractivity contribution < 1.29 is 19.7 Å². The zero-order chi connectivity index (χ0) is 11.1. The number of aryl methyl sites for hydroxylation is 1. The number of aliphatic hydroxyl groups is 1. The lowest BCUT2D eigenvalue weighted by atomic mass is 9.98. The molecule has 1 aliphatic rings. The van der Waals surface area contributed by atoms with E-state index in [9.17, 15) is 9.90 Å². The van der Waals surface area contributed by atoms with Crippen molar-refractivity contribution in [3.05, 3.63) is 11.8 Å². The molecule has 1 saturated heterocycles. The molecule has 0 radical (unpaired) electrons. The Morgan fingerprint density at radius 3 is 2.87 bits per heavy atom. The highest BCUT2D eigenvalue weighted by Crippen LogP contribution is 2.30. The molecule has 0 aromatic carbocycles. The van der Waals surface area contributed by atoms with E-state index in [1.54, 1.807) is 7.05 Å². The molecular formula is C8H11N3O4. The molecule has 7 heteroatoms. The Morgan fingerprint density at radius 1 is 1.73 bits per heavy atom. The second kappa shape index (κ2) is 3.21. The normalized spacial score (nSPS) is 18.3. The maximum Gasteiger partial charge on any atom is 0.410 e. The van der Waals surface area contributed by atoms with Crippen LogP contribution in [0.5, 0.6) is 0 Å². The summed E-state index contributed by atoms with van der Waals surface area (Å²) in [7, 11) is 1.64. The lowest BCUT2D eigenvalue weighted by Gasteiger charge is -2.35. The maximum absolute atomic E-state index is 10.4. The van der Waals surface area contributed by atoms with Crippen LogP contribution in [0.4, 0.5) is 10.6 Å². The summed E-state index contributed by atoms with van der Waals surface area (Å²) in [5.74, 6) is 0.195. The van der Waals surface area contributed by atoms with Gasteiger partial charge in [-0.25, -0.2) is 4.79 Å². The quantitative estimate of drug-likeness (QED) is 0.628. The van der Waals surface area contributed by atoms with Crippen molar-refractivity contribution in [2.45, 2.75) is 5.60 Å². The van der Waals surface area contributed by atoms with E-state index >= 15 is 0 Å². The average Bonchev–Trinajstić information content (AvgIpc) is 2.42. The summed E-state index contributed by atoms with van der Waals surface area (Å²) in [6, 6.07) is 1.50. The number of amides is 1. The number of hydrogen-bond acceptors (Lipinski definition) is 4. The second-order valence-electron chi connectivity index (χ2n) is 3.49. The van der Waals surface area contributed by atoms with Gasteiger partial charge in [-0.3, -0.25) is 10.00 Å². The molecule has 0 unspecified atom stereocenters. The SMILES string of the molecule is Cn1nc(NC(=O)O)cc1C1(O)COC1. The van der Waals surface area contributed by atoms with Crippen molar-refractivity contribution >= 4 is 11.9 Å². The first-order valence-corrected chi connectivity index (χ1v) is 4.36. The fourth-order valence-corrected chi connectivity index (χ4v) is 1.52. The summed E-state index contributed by atoms with van der Waals surface area (Å²) in [5, 5.41) is 24.5. The minimum atomic E-state index is -1.18. The number of aromatic nitrogens is 2. The fourth-order valence-electron chi connectivity index (χ4n) is 1.52. The molecular weight excluding hydrogens is 202 g/mol. The van der Waals surface area contributed by atoms with Crippen molar-refractivity contribution in [1.82, 2.24) is 9.78 Å². The van der Waals surface area contributed by atoms with Crippen LogP contribution < -0.4 is 5.32 Å². The van der Waals surface area contributed by atoms with Gasteiger partial charge in [0, 0.05) is 13.1 Å². The molecule has 2 rings (SSSR count). The van der Waals surface area contributed by atoms with E-state index < -0.39 is 11.7 Å². The van der Waals surface area contributed by atoms with E-state index in [4.69, 9.17) is 9.84 Å². The van der Waals surface area contributed by atoms with Gasteiger partial charge in [0.15, 0.2) is 11.4 Å². The van der Waals surface area contributed by atoms with Crippen LogP contribution in [0.15, 0.2) is 6.07 Å². The number of ether oxygens (including phenoxy) is 1. The van der Waals surface area contributed by atoms with Crippen molar-refractivity contribution in [3.63, 3.8) is 0 Å². The smallest absolute Gasteiger partial charge is 0.410 e. The molecule has 15 heavy (non-hydrogen) atoms. The van der Waals surface area contributed by atoms with Gasteiger partial charge >= 0.3 is 6.09 Å². The molecule has 0 bridgehead atoms. The lowest BCUT2D eigenvalue weighted by Crippen LogP contribution is -2.47. The number of rotatable bonds is 2. The highest BCUT2D eigenvalue weighted by Gasteiger charge is 2.40. The molecule has 2 heterocycles. The summed E-state index contributed by atoms with van der Waals surface area (Å²) < 4.78 is 6.35.